The first-order valence-electron chi connectivity index (χ1n) is 5.10. The first-order chi connectivity index (χ1) is 8.22. The van der Waals surface area contributed by atoms with Crippen molar-refractivity contribution in [3.05, 3.63) is 28.7 Å². The van der Waals surface area contributed by atoms with Gasteiger partial charge < -0.3 is 14.2 Å². The number of benzene rings is 2. The third-order valence-electron chi connectivity index (χ3n) is 2.65. The maximum absolute atomic E-state index is 5.39. The number of rotatable bonds is 3. The molecule has 90 valence electrons. The average Bonchev–Trinajstić information content (AvgIpc) is 2.37. The van der Waals surface area contributed by atoms with Gasteiger partial charge in [0.2, 0.25) is 0 Å². The quantitative estimate of drug-likeness (QED) is 0.866. The van der Waals surface area contributed by atoms with Gasteiger partial charge in [-0.1, -0.05) is 0 Å². The molecular weight excluding hydrogens is 284 g/mol. The van der Waals surface area contributed by atoms with E-state index in [1.54, 1.807) is 21.3 Å². The van der Waals surface area contributed by atoms with E-state index >= 15 is 0 Å². The highest BCUT2D eigenvalue weighted by atomic mass is 79.9. The Morgan fingerprint density at radius 1 is 0.765 bits per heavy atom. The molecule has 0 aromatic heterocycles. The van der Waals surface area contributed by atoms with Gasteiger partial charge in [-0.15, -0.1) is 0 Å². The van der Waals surface area contributed by atoms with Gasteiger partial charge in [0.1, 0.15) is 5.75 Å². The van der Waals surface area contributed by atoms with Crippen LogP contribution in [0.3, 0.4) is 0 Å². The average molecular weight is 297 g/mol. The Morgan fingerprint density at radius 2 is 1.35 bits per heavy atom. The first-order valence-corrected chi connectivity index (χ1v) is 5.89. The number of hydrogen-bond donors (Lipinski definition) is 0. The van der Waals surface area contributed by atoms with E-state index in [0.717, 1.165) is 26.7 Å². The number of methoxy groups -OCH3 is 3. The predicted octanol–water partition coefficient (Wildman–Crippen LogP) is 3.63. The molecule has 0 heterocycles. The number of hydrogen-bond acceptors (Lipinski definition) is 3. The molecule has 0 aliphatic heterocycles. The topological polar surface area (TPSA) is 27.7 Å². The SMILES string of the molecule is COc1ccc2c(OC)c(Br)ccc2c1OC. The summed E-state index contributed by atoms with van der Waals surface area (Å²) in [6.07, 6.45) is 0. The summed E-state index contributed by atoms with van der Waals surface area (Å²) < 4.78 is 17.0. The molecule has 0 aliphatic rings. The van der Waals surface area contributed by atoms with Crippen molar-refractivity contribution in [1.29, 1.82) is 0 Å². The molecule has 2 rings (SSSR count). The highest BCUT2D eigenvalue weighted by Crippen LogP contribution is 2.41. The van der Waals surface area contributed by atoms with Gasteiger partial charge in [-0.3, -0.25) is 0 Å². The van der Waals surface area contributed by atoms with E-state index in [9.17, 15) is 0 Å². The van der Waals surface area contributed by atoms with Crippen LogP contribution in [0.25, 0.3) is 10.8 Å². The smallest absolute Gasteiger partial charge is 0.168 e. The summed E-state index contributed by atoms with van der Waals surface area (Å²) >= 11 is 3.46. The lowest BCUT2D eigenvalue weighted by Crippen LogP contribution is -1.93. The van der Waals surface area contributed by atoms with E-state index in [1.807, 2.05) is 24.3 Å². The highest BCUT2D eigenvalue weighted by molar-refractivity contribution is 9.10. The van der Waals surface area contributed by atoms with Gasteiger partial charge >= 0.3 is 0 Å². The summed E-state index contributed by atoms with van der Waals surface area (Å²) in [5, 5.41) is 1.95. The molecule has 0 bridgehead atoms. The monoisotopic (exact) mass is 296 g/mol. The fourth-order valence-electron chi connectivity index (χ4n) is 1.88. The molecule has 3 nitrogen and oxygen atoms in total. The lowest BCUT2D eigenvalue weighted by Gasteiger charge is -2.13. The standard InChI is InChI=1S/C13H13BrO3/c1-15-11-7-5-8-9(13(11)17-3)4-6-10(14)12(8)16-2/h4-7H,1-3H3. The van der Waals surface area contributed by atoms with Crippen LogP contribution in [0.15, 0.2) is 28.7 Å². The Kier molecular flexibility index (Phi) is 3.43. The second-order valence-electron chi connectivity index (χ2n) is 3.48. The summed E-state index contributed by atoms with van der Waals surface area (Å²) in [5.74, 6) is 2.23. The summed E-state index contributed by atoms with van der Waals surface area (Å²) in [7, 11) is 4.90. The molecule has 2 aromatic carbocycles. The second kappa shape index (κ2) is 4.84. The van der Waals surface area contributed by atoms with E-state index < -0.39 is 0 Å². The van der Waals surface area contributed by atoms with Gasteiger partial charge in [-0.05, 0) is 40.2 Å². The second-order valence-corrected chi connectivity index (χ2v) is 4.33. The molecule has 0 atom stereocenters. The molecule has 0 N–H and O–H groups in total. The summed E-state index contributed by atoms with van der Waals surface area (Å²) in [6.45, 7) is 0. The Balaban J connectivity index is 2.83. The van der Waals surface area contributed by atoms with E-state index in [0.29, 0.717) is 5.75 Å². The zero-order valence-electron chi connectivity index (χ0n) is 9.91. The molecule has 0 saturated carbocycles. The van der Waals surface area contributed by atoms with Gasteiger partial charge in [0.15, 0.2) is 11.5 Å². The van der Waals surface area contributed by atoms with Crippen molar-refractivity contribution < 1.29 is 14.2 Å². The molecule has 2 aromatic rings. The van der Waals surface area contributed by atoms with Crippen LogP contribution in [-0.2, 0) is 0 Å². The van der Waals surface area contributed by atoms with E-state index in [4.69, 9.17) is 14.2 Å². The van der Waals surface area contributed by atoms with E-state index in [-0.39, 0.29) is 0 Å². The minimum atomic E-state index is 0.712. The summed E-state index contributed by atoms with van der Waals surface area (Å²) in [6, 6.07) is 7.74. The zero-order chi connectivity index (χ0) is 12.4. The van der Waals surface area contributed by atoms with Crippen LogP contribution in [0, 0.1) is 0 Å². The predicted molar refractivity (Wildman–Crippen MR) is 71.3 cm³/mol. The van der Waals surface area contributed by atoms with Crippen molar-refractivity contribution in [1.82, 2.24) is 0 Å². The third kappa shape index (κ3) is 1.93. The fraction of sp³-hybridized carbons (Fsp3) is 0.231. The third-order valence-corrected chi connectivity index (χ3v) is 3.27. The molecule has 0 radical (unpaired) electrons. The first kappa shape index (κ1) is 12.0. The van der Waals surface area contributed by atoms with Crippen LogP contribution in [0.5, 0.6) is 17.2 Å². The molecule has 0 saturated heterocycles. The molecule has 0 fully saturated rings. The van der Waals surface area contributed by atoms with Crippen LogP contribution in [-0.4, -0.2) is 21.3 Å². The number of ether oxygens (including phenoxy) is 3. The maximum Gasteiger partial charge on any atom is 0.168 e. The minimum absolute atomic E-state index is 0.712. The number of fused-ring (bicyclic) bond motifs is 1. The molecule has 0 aliphatic carbocycles. The van der Waals surface area contributed by atoms with E-state index in [1.165, 1.54) is 0 Å². The molecule has 0 spiro atoms. The minimum Gasteiger partial charge on any atom is -0.495 e. The zero-order valence-corrected chi connectivity index (χ0v) is 11.5. The van der Waals surface area contributed by atoms with Crippen LogP contribution < -0.4 is 14.2 Å². The van der Waals surface area contributed by atoms with E-state index in [2.05, 4.69) is 15.9 Å². The van der Waals surface area contributed by atoms with Crippen LogP contribution >= 0.6 is 15.9 Å². The van der Waals surface area contributed by atoms with Crippen molar-refractivity contribution in [2.45, 2.75) is 0 Å². The van der Waals surface area contributed by atoms with Crippen LogP contribution in [0.4, 0.5) is 0 Å². The van der Waals surface area contributed by atoms with Crippen molar-refractivity contribution in [2.24, 2.45) is 0 Å². The highest BCUT2D eigenvalue weighted by Gasteiger charge is 2.13. The molecule has 17 heavy (non-hydrogen) atoms. The lowest BCUT2D eigenvalue weighted by atomic mass is 10.1. The molecule has 4 heteroatoms. The number of halogens is 1. The molecule has 0 amide bonds. The van der Waals surface area contributed by atoms with Gasteiger partial charge in [0.05, 0.1) is 25.8 Å². The Hall–Kier alpha value is -1.42. The maximum atomic E-state index is 5.39. The van der Waals surface area contributed by atoms with Gasteiger partial charge in [0, 0.05) is 10.8 Å². The molecule has 0 unspecified atom stereocenters. The van der Waals surface area contributed by atoms with Crippen molar-refractivity contribution in [2.75, 3.05) is 21.3 Å². The van der Waals surface area contributed by atoms with Crippen molar-refractivity contribution in [3.8, 4) is 17.2 Å². The van der Waals surface area contributed by atoms with Crippen molar-refractivity contribution >= 4 is 26.7 Å². The van der Waals surface area contributed by atoms with Crippen LogP contribution in [0.1, 0.15) is 0 Å². The lowest BCUT2D eigenvalue weighted by molar-refractivity contribution is 0.358. The summed E-state index contributed by atoms with van der Waals surface area (Å²) in [5.41, 5.74) is 0. The van der Waals surface area contributed by atoms with Crippen molar-refractivity contribution in [3.63, 3.8) is 0 Å². The van der Waals surface area contributed by atoms with Gasteiger partial charge in [0.25, 0.3) is 0 Å². The van der Waals surface area contributed by atoms with Crippen LogP contribution in [0.2, 0.25) is 0 Å². The Morgan fingerprint density at radius 3 is 1.94 bits per heavy atom. The van der Waals surface area contributed by atoms with Gasteiger partial charge in [-0.25, -0.2) is 0 Å². The fourth-order valence-corrected chi connectivity index (χ4v) is 2.39. The Bertz CT molecular complexity index is 552. The molecular formula is C13H13BrO3. The Labute approximate surface area is 108 Å². The largest absolute Gasteiger partial charge is 0.495 e. The normalized spacial score (nSPS) is 10.4. The van der Waals surface area contributed by atoms with Gasteiger partial charge in [-0.2, -0.15) is 0 Å². The summed E-state index contributed by atoms with van der Waals surface area (Å²) in [4.78, 5) is 0.